The summed E-state index contributed by atoms with van der Waals surface area (Å²) < 4.78 is 11.3. The van der Waals surface area contributed by atoms with Gasteiger partial charge >= 0.3 is 0 Å². The molecule has 2 rings (SSSR count). The fraction of sp³-hybridized carbons (Fsp3) is 0.696. The first kappa shape index (κ1) is 24.6. The van der Waals surface area contributed by atoms with Gasteiger partial charge in [0.2, 0.25) is 0 Å². The van der Waals surface area contributed by atoms with E-state index in [4.69, 9.17) is 9.47 Å². The number of benzene rings is 1. The summed E-state index contributed by atoms with van der Waals surface area (Å²) in [5.74, 6) is 0.765. The van der Waals surface area contributed by atoms with Crippen molar-refractivity contribution >= 4 is 5.96 Å². The summed E-state index contributed by atoms with van der Waals surface area (Å²) in [7, 11) is 0. The smallest absolute Gasteiger partial charge is 0.191 e. The van der Waals surface area contributed by atoms with E-state index in [0.717, 1.165) is 57.2 Å². The largest absolute Gasteiger partial charge is 0.389 e. The van der Waals surface area contributed by atoms with Gasteiger partial charge < -0.3 is 30.1 Å². The molecular weight excluding hydrogens is 380 g/mol. The molecule has 1 aromatic carbocycles. The molecule has 1 fully saturated rings. The zero-order valence-corrected chi connectivity index (χ0v) is 18.8. The third-order valence-corrected chi connectivity index (χ3v) is 5.01. The number of nitrogens with one attached hydrogen (secondary N) is 2. The predicted molar refractivity (Wildman–Crippen MR) is 122 cm³/mol. The average Bonchev–Trinajstić information content (AvgIpc) is 2.74. The fourth-order valence-electron chi connectivity index (χ4n) is 3.37. The molecule has 1 saturated heterocycles. The molecule has 1 aliphatic rings. The van der Waals surface area contributed by atoms with Crippen molar-refractivity contribution in [3.63, 3.8) is 0 Å². The molecule has 0 spiro atoms. The number of rotatable bonds is 12. The minimum absolute atomic E-state index is 0.272. The zero-order chi connectivity index (χ0) is 21.6. The lowest BCUT2D eigenvalue weighted by Crippen LogP contribution is -2.49. The van der Waals surface area contributed by atoms with Crippen LogP contribution in [0.15, 0.2) is 35.3 Å². The van der Waals surface area contributed by atoms with Crippen LogP contribution in [-0.2, 0) is 16.1 Å². The summed E-state index contributed by atoms with van der Waals surface area (Å²) >= 11 is 0. The van der Waals surface area contributed by atoms with Crippen molar-refractivity contribution in [2.24, 2.45) is 4.99 Å². The Morgan fingerprint density at radius 3 is 2.63 bits per heavy atom. The molecule has 0 aromatic heterocycles. The molecule has 0 saturated carbocycles. The van der Waals surface area contributed by atoms with Crippen molar-refractivity contribution in [1.82, 2.24) is 15.5 Å². The second-order valence-electron chi connectivity index (χ2n) is 8.05. The Labute approximate surface area is 181 Å². The molecule has 7 nitrogen and oxygen atoms in total. The molecule has 0 amide bonds. The number of guanidine groups is 1. The molecule has 170 valence electrons. The highest BCUT2D eigenvalue weighted by Gasteiger charge is 2.20. The minimum atomic E-state index is -0.619. The number of hydrogen-bond donors (Lipinski definition) is 3. The van der Waals surface area contributed by atoms with Gasteiger partial charge in [-0.05, 0) is 39.2 Å². The maximum Gasteiger partial charge on any atom is 0.191 e. The van der Waals surface area contributed by atoms with Crippen molar-refractivity contribution < 1.29 is 14.6 Å². The monoisotopic (exact) mass is 420 g/mol. The lowest BCUT2D eigenvalue weighted by molar-refractivity contribution is 0.0330. The Bertz CT molecular complexity index is 589. The first-order valence-electron chi connectivity index (χ1n) is 11.2. The van der Waals surface area contributed by atoms with E-state index >= 15 is 0 Å². The van der Waals surface area contributed by atoms with Crippen molar-refractivity contribution in [3.05, 3.63) is 35.9 Å². The minimum Gasteiger partial charge on any atom is -0.389 e. The molecule has 1 atom stereocenters. The summed E-state index contributed by atoms with van der Waals surface area (Å²) in [4.78, 5) is 7.01. The molecule has 0 radical (unpaired) electrons. The van der Waals surface area contributed by atoms with Crippen molar-refractivity contribution in [2.75, 3.05) is 45.9 Å². The van der Waals surface area contributed by atoms with Crippen molar-refractivity contribution in [3.8, 4) is 0 Å². The molecule has 1 aliphatic heterocycles. The SMILES string of the molecule is CCNC(=NCC(O)COCc1ccccc1)NC1CCN(CCOC(C)C)CC1. The Balaban J connectivity index is 1.67. The van der Waals surface area contributed by atoms with Gasteiger partial charge in [0.25, 0.3) is 0 Å². The van der Waals surface area contributed by atoms with Gasteiger partial charge in [-0.2, -0.15) is 0 Å². The van der Waals surface area contributed by atoms with Crippen LogP contribution in [0.2, 0.25) is 0 Å². The van der Waals surface area contributed by atoms with Gasteiger partial charge in [-0.1, -0.05) is 30.3 Å². The van der Waals surface area contributed by atoms with Gasteiger partial charge in [0, 0.05) is 32.2 Å². The zero-order valence-electron chi connectivity index (χ0n) is 18.8. The maximum absolute atomic E-state index is 10.2. The normalized spacial score (nSPS) is 17.3. The van der Waals surface area contributed by atoms with Crippen LogP contribution in [0, 0.1) is 0 Å². The first-order valence-corrected chi connectivity index (χ1v) is 11.2. The Morgan fingerprint density at radius 1 is 1.23 bits per heavy atom. The van der Waals surface area contributed by atoms with Crippen LogP contribution in [0.3, 0.4) is 0 Å². The number of aliphatic imine (C=N–C) groups is 1. The topological polar surface area (TPSA) is 78.4 Å². The average molecular weight is 421 g/mol. The van der Waals surface area contributed by atoms with Gasteiger partial charge in [0.1, 0.15) is 0 Å². The van der Waals surface area contributed by atoms with E-state index in [1.54, 1.807) is 0 Å². The van der Waals surface area contributed by atoms with Crippen molar-refractivity contribution in [1.29, 1.82) is 0 Å². The molecule has 1 aromatic rings. The van der Waals surface area contributed by atoms with E-state index in [9.17, 15) is 5.11 Å². The number of ether oxygens (including phenoxy) is 2. The van der Waals surface area contributed by atoms with E-state index in [2.05, 4.69) is 34.4 Å². The first-order chi connectivity index (χ1) is 14.6. The van der Waals surface area contributed by atoms with Gasteiger partial charge in [-0.3, -0.25) is 4.99 Å². The van der Waals surface area contributed by atoms with Crippen LogP contribution < -0.4 is 10.6 Å². The van der Waals surface area contributed by atoms with Gasteiger partial charge in [-0.25, -0.2) is 0 Å². The number of nitrogens with zero attached hydrogens (tertiary/aromatic N) is 2. The van der Waals surface area contributed by atoms with Gasteiger partial charge in [-0.15, -0.1) is 0 Å². The maximum atomic E-state index is 10.2. The fourth-order valence-corrected chi connectivity index (χ4v) is 3.37. The third-order valence-electron chi connectivity index (χ3n) is 5.01. The quantitative estimate of drug-likeness (QED) is 0.355. The van der Waals surface area contributed by atoms with E-state index in [1.165, 1.54) is 0 Å². The van der Waals surface area contributed by atoms with Gasteiger partial charge in [0.15, 0.2) is 5.96 Å². The van der Waals surface area contributed by atoms with E-state index < -0.39 is 6.10 Å². The predicted octanol–water partition coefficient (Wildman–Crippen LogP) is 2.01. The summed E-state index contributed by atoms with van der Waals surface area (Å²) in [6, 6.07) is 10.4. The van der Waals surface area contributed by atoms with Crippen LogP contribution in [0.5, 0.6) is 0 Å². The summed E-state index contributed by atoms with van der Waals surface area (Å²) in [5, 5.41) is 17.0. The van der Waals surface area contributed by atoms with E-state index in [-0.39, 0.29) is 6.61 Å². The second kappa shape index (κ2) is 14.4. The number of aliphatic hydroxyl groups is 1. The Morgan fingerprint density at radius 2 is 1.97 bits per heavy atom. The lowest BCUT2D eigenvalue weighted by atomic mass is 10.1. The molecule has 3 N–H and O–H groups in total. The van der Waals surface area contributed by atoms with Crippen LogP contribution in [0.1, 0.15) is 39.2 Å². The highest BCUT2D eigenvalue weighted by Crippen LogP contribution is 2.10. The molecule has 0 aliphatic carbocycles. The highest BCUT2D eigenvalue weighted by molar-refractivity contribution is 5.80. The molecule has 1 heterocycles. The molecule has 30 heavy (non-hydrogen) atoms. The van der Waals surface area contributed by atoms with E-state index in [0.29, 0.717) is 25.3 Å². The van der Waals surface area contributed by atoms with Crippen molar-refractivity contribution in [2.45, 2.75) is 58.5 Å². The van der Waals surface area contributed by atoms with E-state index in [1.807, 2.05) is 37.3 Å². The molecule has 7 heteroatoms. The number of likely N-dealkylation sites (tertiary alicyclic amines) is 1. The van der Waals surface area contributed by atoms with Gasteiger partial charge in [0.05, 0.1) is 38.6 Å². The summed E-state index contributed by atoms with van der Waals surface area (Å²) in [6.07, 6.45) is 1.83. The number of piperidine rings is 1. The summed E-state index contributed by atoms with van der Waals surface area (Å²) in [5.41, 5.74) is 1.10. The standard InChI is InChI=1S/C23H40N4O3/c1-4-24-23(25-16-22(28)18-29-17-20-8-6-5-7-9-20)26-21-10-12-27(13-11-21)14-15-30-19(2)3/h5-9,19,21-22,28H,4,10-18H2,1-3H3,(H2,24,25,26). The lowest BCUT2D eigenvalue weighted by Gasteiger charge is -2.33. The Hall–Kier alpha value is -1.67. The van der Waals surface area contributed by atoms with Crippen LogP contribution in [0.4, 0.5) is 0 Å². The molecular formula is C23H40N4O3. The van der Waals surface area contributed by atoms with Crippen LogP contribution in [-0.4, -0.2) is 80.2 Å². The molecule has 1 unspecified atom stereocenters. The van der Waals surface area contributed by atoms with Crippen LogP contribution in [0.25, 0.3) is 0 Å². The third kappa shape index (κ3) is 10.4. The highest BCUT2D eigenvalue weighted by atomic mass is 16.5. The summed E-state index contributed by atoms with van der Waals surface area (Å²) in [6.45, 7) is 12.0. The Kier molecular flexibility index (Phi) is 11.8. The number of aliphatic hydroxyl groups excluding tert-OH is 1. The molecule has 0 bridgehead atoms. The number of hydrogen-bond acceptors (Lipinski definition) is 5. The van der Waals surface area contributed by atoms with Crippen LogP contribution >= 0.6 is 0 Å². The second-order valence-corrected chi connectivity index (χ2v) is 8.05.